The van der Waals surface area contributed by atoms with Crippen molar-refractivity contribution < 1.29 is 49.0 Å². The van der Waals surface area contributed by atoms with Crippen molar-refractivity contribution >= 4 is 11.6 Å². The molecule has 11 heteroatoms. The van der Waals surface area contributed by atoms with Crippen molar-refractivity contribution in [1.82, 2.24) is 5.32 Å². The van der Waals surface area contributed by atoms with Gasteiger partial charge in [-0.15, -0.1) is 0 Å². The van der Waals surface area contributed by atoms with E-state index in [1.54, 1.807) is 60.7 Å². The Bertz CT molecular complexity index is 2250. The van der Waals surface area contributed by atoms with Crippen LogP contribution in [0.3, 0.4) is 0 Å². The molecule has 1 heterocycles. The summed E-state index contributed by atoms with van der Waals surface area (Å²) in [5.74, 6) is 0.337. The standard InChI is InChI=1S/C49H51NO10/c1-57-43-26-30(12-20-37(43)51)10-18-35-48(41(55)24-16-32-14-22-39(53)45(28-32)59-3)47(34-8-6-5-7-9-34)49(42(56)25-17-33-15-23-40(54)46(29-33)60-4)36(50-35)19-11-31-13-21-38(52)44(27-31)58-2/h5-9,12-15,20-23,26-29,47,50-54H,10-11,16-19,24-25H2,1-4H3. The van der Waals surface area contributed by atoms with Gasteiger partial charge in [-0.1, -0.05) is 54.6 Å². The van der Waals surface area contributed by atoms with Crippen LogP contribution < -0.4 is 24.3 Å². The average molecular weight is 814 g/mol. The third-order valence-corrected chi connectivity index (χ3v) is 10.8. The zero-order chi connectivity index (χ0) is 42.8. The molecule has 6 rings (SSSR count). The van der Waals surface area contributed by atoms with Gasteiger partial charge in [-0.05, 0) is 115 Å². The van der Waals surface area contributed by atoms with Gasteiger partial charge in [-0.3, -0.25) is 9.59 Å². The summed E-state index contributed by atoms with van der Waals surface area (Å²) in [6.07, 6.45) is 2.71. The van der Waals surface area contributed by atoms with E-state index in [-0.39, 0.29) is 47.4 Å². The highest BCUT2D eigenvalue weighted by molar-refractivity contribution is 6.05. The zero-order valence-corrected chi connectivity index (χ0v) is 34.3. The fraction of sp³-hybridized carbons (Fsp3) is 0.265. The van der Waals surface area contributed by atoms with Gasteiger partial charge in [0.1, 0.15) is 0 Å². The highest BCUT2D eigenvalue weighted by Gasteiger charge is 2.37. The number of aryl methyl sites for hydroxylation is 4. The molecule has 5 aromatic carbocycles. The molecule has 11 nitrogen and oxygen atoms in total. The van der Waals surface area contributed by atoms with Gasteiger partial charge in [-0.25, -0.2) is 0 Å². The number of carbonyl (C=O) groups excluding carboxylic acids is 2. The Morgan fingerprint density at radius 1 is 0.467 bits per heavy atom. The van der Waals surface area contributed by atoms with Crippen LogP contribution in [0.5, 0.6) is 46.0 Å². The quantitative estimate of drug-likeness (QED) is 0.0544. The molecule has 0 aromatic heterocycles. The molecule has 5 N–H and O–H groups in total. The highest BCUT2D eigenvalue weighted by Crippen LogP contribution is 2.43. The van der Waals surface area contributed by atoms with Crippen LogP contribution in [-0.4, -0.2) is 60.4 Å². The van der Waals surface area contributed by atoms with E-state index in [4.69, 9.17) is 18.9 Å². The first kappa shape index (κ1) is 42.7. The van der Waals surface area contributed by atoms with Gasteiger partial charge in [0.05, 0.1) is 28.4 Å². The molecule has 1 aliphatic rings. The molecule has 0 aliphatic carbocycles. The molecule has 0 amide bonds. The SMILES string of the molecule is COc1cc(CCC(=O)C2=C(CCc3ccc(O)c(OC)c3)NC(CCc3ccc(O)c(OC)c3)=C(C(=O)CCc3ccc(O)c(OC)c3)C2c2ccccc2)ccc1O. The summed E-state index contributed by atoms with van der Waals surface area (Å²) in [6.45, 7) is 0. The van der Waals surface area contributed by atoms with Gasteiger partial charge in [0.15, 0.2) is 57.6 Å². The first-order chi connectivity index (χ1) is 29.0. The van der Waals surface area contributed by atoms with Crippen LogP contribution in [0, 0.1) is 0 Å². The Morgan fingerprint density at radius 2 is 0.800 bits per heavy atom. The summed E-state index contributed by atoms with van der Waals surface area (Å²) >= 11 is 0. The fourth-order valence-corrected chi connectivity index (χ4v) is 7.68. The van der Waals surface area contributed by atoms with Crippen LogP contribution in [0.2, 0.25) is 0 Å². The number of rotatable bonds is 19. The Labute approximate surface area is 350 Å². The summed E-state index contributed by atoms with van der Waals surface area (Å²) in [6, 6.07) is 30.0. The van der Waals surface area contributed by atoms with Crippen molar-refractivity contribution in [2.24, 2.45) is 0 Å². The fourth-order valence-electron chi connectivity index (χ4n) is 7.68. The van der Waals surface area contributed by atoms with Crippen molar-refractivity contribution in [3.63, 3.8) is 0 Å². The number of hydrogen-bond acceptors (Lipinski definition) is 11. The van der Waals surface area contributed by atoms with E-state index in [9.17, 15) is 30.0 Å². The number of hydrogen-bond donors (Lipinski definition) is 5. The monoisotopic (exact) mass is 813 g/mol. The number of phenolic OH excluding ortho intramolecular Hbond substituents is 4. The molecular formula is C49H51NO10. The Morgan fingerprint density at radius 3 is 1.13 bits per heavy atom. The number of benzene rings is 5. The Hall–Kier alpha value is -6.88. The summed E-state index contributed by atoms with van der Waals surface area (Å²) in [4.78, 5) is 29.9. The van der Waals surface area contributed by atoms with Crippen molar-refractivity contribution in [3.05, 3.63) is 153 Å². The maximum atomic E-state index is 14.9. The van der Waals surface area contributed by atoms with Gasteiger partial charge in [0.2, 0.25) is 0 Å². The maximum absolute atomic E-state index is 14.9. The number of allylic oxidation sites excluding steroid dienone is 4. The molecule has 0 unspecified atom stereocenters. The molecule has 0 bridgehead atoms. The van der Waals surface area contributed by atoms with E-state index in [0.717, 1.165) is 27.8 Å². The second-order valence-corrected chi connectivity index (χ2v) is 14.6. The van der Waals surface area contributed by atoms with Crippen molar-refractivity contribution in [3.8, 4) is 46.0 Å². The van der Waals surface area contributed by atoms with Crippen LogP contribution in [0.4, 0.5) is 0 Å². The van der Waals surface area contributed by atoms with Crippen LogP contribution in [0.15, 0.2) is 126 Å². The molecule has 0 radical (unpaired) electrons. The second kappa shape index (κ2) is 19.7. The molecular weight excluding hydrogens is 763 g/mol. The largest absolute Gasteiger partial charge is 0.504 e. The average Bonchev–Trinajstić information content (AvgIpc) is 3.27. The minimum Gasteiger partial charge on any atom is -0.504 e. The molecule has 0 saturated carbocycles. The molecule has 5 aromatic rings. The smallest absolute Gasteiger partial charge is 0.161 e. The molecule has 312 valence electrons. The summed E-state index contributed by atoms with van der Waals surface area (Å²) in [7, 11) is 5.93. The number of ether oxygens (including phenoxy) is 4. The van der Waals surface area contributed by atoms with Crippen LogP contribution in [-0.2, 0) is 35.3 Å². The lowest BCUT2D eigenvalue weighted by atomic mass is 9.74. The minimum atomic E-state index is -0.718. The van der Waals surface area contributed by atoms with E-state index in [0.29, 0.717) is 84.1 Å². The van der Waals surface area contributed by atoms with E-state index in [2.05, 4.69) is 5.32 Å². The third-order valence-electron chi connectivity index (χ3n) is 10.8. The number of carbonyl (C=O) groups is 2. The van der Waals surface area contributed by atoms with Crippen molar-refractivity contribution in [2.45, 2.75) is 57.3 Å². The summed E-state index contributed by atoms with van der Waals surface area (Å²) in [5, 5.41) is 44.7. The number of methoxy groups -OCH3 is 4. The molecule has 1 aliphatic heterocycles. The number of Topliss-reactive ketones (excluding diaryl/α,β-unsaturated/α-hetero) is 2. The van der Waals surface area contributed by atoms with Crippen LogP contribution in [0.1, 0.15) is 59.4 Å². The van der Waals surface area contributed by atoms with E-state index in [1.807, 2.05) is 42.5 Å². The normalized spacial score (nSPS) is 12.9. The van der Waals surface area contributed by atoms with Gasteiger partial charge in [-0.2, -0.15) is 0 Å². The van der Waals surface area contributed by atoms with E-state index in [1.165, 1.54) is 28.4 Å². The van der Waals surface area contributed by atoms with Gasteiger partial charge in [0, 0.05) is 41.3 Å². The lowest BCUT2D eigenvalue weighted by Crippen LogP contribution is -2.33. The van der Waals surface area contributed by atoms with E-state index >= 15 is 0 Å². The lowest BCUT2D eigenvalue weighted by molar-refractivity contribution is -0.116. The van der Waals surface area contributed by atoms with Gasteiger partial charge in [0.25, 0.3) is 0 Å². The predicted octanol–water partition coefficient (Wildman–Crippen LogP) is 8.41. The molecule has 0 fully saturated rings. The second-order valence-electron chi connectivity index (χ2n) is 14.6. The summed E-state index contributed by atoms with van der Waals surface area (Å²) in [5.41, 5.74) is 6.50. The van der Waals surface area contributed by atoms with Crippen LogP contribution in [0.25, 0.3) is 0 Å². The number of nitrogens with one attached hydrogen (secondary N) is 1. The van der Waals surface area contributed by atoms with Crippen molar-refractivity contribution in [1.29, 1.82) is 0 Å². The first-order valence-electron chi connectivity index (χ1n) is 19.8. The number of dihydropyridines is 1. The number of aromatic hydroxyl groups is 4. The summed E-state index contributed by atoms with van der Waals surface area (Å²) < 4.78 is 21.5. The topological polar surface area (TPSA) is 164 Å². The molecule has 0 atom stereocenters. The van der Waals surface area contributed by atoms with E-state index < -0.39 is 5.92 Å². The lowest BCUT2D eigenvalue weighted by Gasteiger charge is -2.34. The molecule has 0 saturated heterocycles. The third kappa shape index (κ3) is 10.0. The Balaban J connectivity index is 1.46. The predicted molar refractivity (Wildman–Crippen MR) is 228 cm³/mol. The maximum Gasteiger partial charge on any atom is 0.161 e. The first-order valence-corrected chi connectivity index (χ1v) is 19.8. The number of phenols is 4. The minimum absolute atomic E-state index is 0.00127. The Kier molecular flexibility index (Phi) is 14.0. The van der Waals surface area contributed by atoms with Gasteiger partial charge >= 0.3 is 0 Å². The number of ketones is 2. The van der Waals surface area contributed by atoms with Crippen LogP contribution >= 0.6 is 0 Å². The van der Waals surface area contributed by atoms with Crippen molar-refractivity contribution in [2.75, 3.05) is 28.4 Å². The highest BCUT2D eigenvalue weighted by atomic mass is 16.5. The van der Waals surface area contributed by atoms with Gasteiger partial charge < -0.3 is 44.7 Å². The molecule has 0 spiro atoms. The zero-order valence-electron chi connectivity index (χ0n) is 34.3. The molecule has 60 heavy (non-hydrogen) atoms.